The summed E-state index contributed by atoms with van der Waals surface area (Å²) in [6, 6.07) is 22.7. The predicted octanol–water partition coefficient (Wildman–Crippen LogP) is 4.75. The van der Waals surface area contributed by atoms with Gasteiger partial charge >= 0.3 is 5.97 Å². The van der Waals surface area contributed by atoms with Gasteiger partial charge in [-0.25, -0.2) is 8.42 Å². The molecule has 0 unspecified atom stereocenters. The number of carbonyl (C=O) groups excluding carboxylic acids is 1. The maximum atomic E-state index is 13.3. The average Bonchev–Trinajstić information content (AvgIpc) is 3.22. The van der Waals surface area contributed by atoms with Gasteiger partial charge in [-0.05, 0) is 42.2 Å². The van der Waals surface area contributed by atoms with Gasteiger partial charge in [0.25, 0.3) is 0 Å². The Balaban J connectivity index is 1.54. The summed E-state index contributed by atoms with van der Waals surface area (Å²) < 4.78 is 35.0. The summed E-state index contributed by atoms with van der Waals surface area (Å²) in [6.07, 6.45) is 3.58. The van der Waals surface area contributed by atoms with E-state index in [1.165, 1.54) is 0 Å². The quantitative estimate of drug-likeness (QED) is 0.299. The smallest absolute Gasteiger partial charge is 0.312 e. The van der Waals surface area contributed by atoms with Gasteiger partial charge in [0.05, 0.1) is 23.0 Å². The fourth-order valence-corrected chi connectivity index (χ4v) is 5.70. The van der Waals surface area contributed by atoms with E-state index >= 15 is 0 Å². The molecule has 0 fully saturated rings. The largest absolute Gasteiger partial charge is 0.460 e. The lowest BCUT2D eigenvalue weighted by Gasteiger charge is -2.25. The molecule has 1 aliphatic rings. The molecule has 0 saturated carbocycles. The second-order valence-electron chi connectivity index (χ2n) is 9.18. The summed E-state index contributed by atoms with van der Waals surface area (Å²) in [5, 5.41) is 10.8. The number of hydrogen-bond donors (Lipinski definition) is 2. The van der Waals surface area contributed by atoms with Crippen molar-refractivity contribution in [3.8, 4) is 0 Å². The van der Waals surface area contributed by atoms with Crippen molar-refractivity contribution >= 4 is 22.1 Å². The van der Waals surface area contributed by atoms with Gasteiger partial charge in [-0.2, -0.15) is 4.72 Å². The van der Waals surface area contributed by atoms with Crippen molar-refractivity contribution in [3.05, 3.63) is 120 Å². The molecule has 192 valence electrons. The maximum absolute atomic E-state index is 13.3. The topological polar surface area (TPSA) is 92.7 Å². The van der Waals surface area contributed by atoms with E-state index in [-0.39, 0.29) is 11.3 Å². The van der Waals surface area contributed by atoms with Crippen LogP contribution in [-0.4, -0.2) is 31.7 Å². The number of rotatable bonds is 10. The molecule has 3 aromatic carbocycles. The Morgan fingerprint density at radius 3 is 2.46 bits per heavy atom. The third-order valence-electron chi connectivity index (χ3n) is 6.48. The predicted molar refractivity (Wildman–Crippen MR) is 144 cm³/mol. The van der Waals surface area contributed by atoms with Crippen LogP contribution in [0.15, 0.2) is 102 Å². The summed E-state index contributed by atoms with van der Waals surface area (Å²) in [5.41, 5.74) is 3.51. The molecule has 0 bridgehead atoms. The van der Waals surface area contributed by atoms with E-state index in [1.807, 2.05) is 61.5 Å². The fourth-order valence-electron chi connectivity index (χ4n) is 4.46. The molecule has 3 aromatic rings. The number of hydrogen-bond acceptors (Lipinski definition) is 5. The second-order valence-corrected chi connectivity index (χ2v) is 10.9. The van der Waals surface area contributed by atoms with E-state index < -0.39 is 40.2 Å². The first-order chi connectivity index (χ1) is 17.8. The number of allylic oxidation sites excluding steroid dienone is 1. The second kappa shape index (κ2) is 11.7. The minimum absolute atomic E-state index is 0.138. The summed E-state index contributed by atoms with van der Waals surface area (Å²) in [7, 11) is -3.88. The minimum atomic E-state index is -3.88. The molecule has 4 rings (SSSR count). The van der Waals surface area contributed by atoms with Gasteiger partial charge in [0.2, 0.25) is 10.0 Å². The summed E-state index contributed by atoms with van der Waals surface area (Å²) >= 11 is 0. The monoisotopic (exact) mass is 517 g/mol. The zero-order chi connectivity index (χ0) is 26.4. The van der Waals surface area contributed by atoms with Crippen molar-refractivity contribution in [3.63, 3.8) is 0 Å². The Morgan fingerprint density at radius 1 is 1.08 bits per heavy atom. The molecule has 0 radical (unpaired) electrons. The zero-order valence-electron chi connectivity index (χ0n) is 20.7. The van der Waals surface area contributed by atoms with Crippen molar-refractivity contribution in [1.29, 1.82) is 0 Å². The van der Waals surface area contributed by atoms with Crippen LogP contribution in [0.5, 0.6) is 0 Å². The lowest BCUT2D eigenvalue weighted by atomic mass is 9.97. The molecule has 0 amide bonds. The highest BCUT2D eigenvalue weighted by Crippen LogP contribution is 2.35. The number of esters is 1. The lowest BCUT2D eigenvalue weighted by molar-refractivity contribution is -0.157. The first-order valence-electron chi connectivity index (χ1n) is 12.2. The van der Waals surface area contributed by atoms with Crippen LogP contribution in [0.4, 0.5) is 0 Å². The van der Waals surface area contributed by atoms with E-state index in [0.29, 0.717) is 6.42 Å². The number of aliphatic hydroxyl groups excluding tert-OH is 1. The minimum Gasteiger partial charge on any atom is -0.460 e. The van der Waals surface area contributed by atoms with Crippen LogP contribution >= 0.6 is 0 Å². The Labute approximate surface area is 218 Å². The number of carbonyl (C=O) groups is 1. The number of ether oxygens (including phenoxy) is 1. The number of fused-ring (bicyclic) bond motifs is 1. The van der Waals surface area contributed by atoms with Gasteiger partial charge in [-0.1, -0.05) is 90.5 Å². The molecule has 0 aromatic heterocycles. The van der Waals surface area contributed by atoms with E-state index in [9.17, 15) is 18.3 Å². The standard InChI is InChI=1S/C30H31NO5S/c1-3-9-26(27(32)19-16-22-10-5-4-6-11-22)30(33)36-28-20-23-12-7-8-13-25(23)29(28)31-37(34,35)24-17-14-21(2)15-18-24/h3-8,10-19,26-29,31-32H,1,9,20H2,2H3/b19-16+/t26-,27-,28+,29-/m0/s1. The van der Waals surface area contributed by atoms with Gasteiger partial charge in [0.15, 0.2) is 0 Å². The molecular weight excluding hydrogens is 486 g/mol. The highest BCUT2D eigenvalue weighted by atomic mass is 32.2. The number of aryl methyl sites for hydroxylation is 1. The molecule has 0 spiro atoms. The Morgan fingerprint density at radius 2 is 1.76 bits per heavy atom. The highest BCUT2D eigenvalue weighted by Gasteiger charge is 2.39. The van der Waals surface area contributed by atoms with Gasteiger partial charge in [-0.15, -0.1) is 6.58 Å². The zero-order valence-corrected chi connectivity index (χ0v) is 21.5. The normalized spacial score (nSPS) is 18.8. The number of nitrogens with one attached hydrogen (secondary N) is 1. The van der Waals surface area contributed by atoms with Crippen LogP contribution in [0.3, 0.4) is 0 Å². The molecule has 7 heteroatoms. The maximum Gasteiger partial charge on any atom is 0.312 e. The Hall–Kier alpha value is -3.52. The van der Waals surface area contributed by atoms with Crippen LogP contribution in [0.2, 0.25) is 0 Å². The SMILES string of the molecule is C=CC[C@H](C(=O)O[C@@H]1Cc2ccccc2[C@@H]1NS(=O)(=O)c1ccc(C)cc1)[C@@H](O)/C=C/c1ccccc1. The van der Waals surface area contributed by atoms with Crippen molar-refractivity contribution in [2.45, 2.75) is 42.9 Å². The number of sulfonamides is 1. The Kier molecular flexibility index (Phi) is 8.38. The fraction of sp³-hybridized carbons (Fsp3) is 0.233. The molecule has 4 atom stereocenters. The van der Waals surface area contributed by atoms with Gasteiger partial charge in [0.1, 0.15) is 6.10 Å². The van der Waals surface area contributed by atoms with E-state index in [0.717, 1.165) is 22.3 Å². The van der Waals surface area contributed by atoms with Crippen LogP contribution < -0.4 is 4.72 Å². The van der Waals surface area contributed by atoms with Crippen molar-refractivity contribution in [2.24, 2.45) is 5.92 Å². The van der Waals surface area contributed by atoms with E-state index in [1.54, 1.807) is 42.5 Å². The van der Waals surface area contributed by atoms with Crippen molar-refractivity contribution < 1.29 is 23.1 Å². The van der Waals surface area contributed by atoms with Crippen LogP contribution in [0.1, 0.15) is 34.7 Å². The van der Waals surface area contributed by atoms with Crippen LogP contribution in [0.25, 0.3) is 6.08 Å². The first kappa shape index (κ1) is 26.5. The van der Waals surface area contributed by atoms with Gasteiger partial charge < -0.3 is 9.84 Å². The van der Waals surface area contributed by atoms with Crippen LogP contribution in [0, 0.1) is 12.8 Å². The average molecular weight is 518 g/mol. The van der Waals surface area contributed by atoms with Gasteiger partial charge in [0, 0.05) is 6.42 Å². The molecular formula is C30H31NO5S. The summed E-state index contributed by atoms with van der Waals surface area (Å²) in [4.78, 5) is 13.4. The molecule has 0 aliphatic heterocycles. The lowest BCUT2D eigenvalue weighted by Crippen LogP contribution is -2.39. The number of aliphatic hydroxyl groups is 1. The summed E-state index contributed by atoms with van der Waals surface area (Å²) in [5.74, 6) is -1.49. The summed E-state index contributed by atoms with van der Waals surface area (Å²) in [6.45, 7) is 5.60. The molecule has 1 aliphatic carbocycles. The van der Waals surface area contributed by atoms with E-state index in [2.05, 4.69) is 11.3 Å². The first-order valence-corrected chi connectivity index (χ1v) is 13.7. The van der Waals surface area contributed by atoms with Crippen molar-refractivity contribution in [2.75, 3.05) is 0 Å². The number of benzene rings is 3. The molecule has 0 saturated heterocycles. The third-order valence-corrected chi connectivity index (χ3v) is 7.94. The van der Waals surface area contributed by atoms with Crippen LogP contribution in [-0.2, 0) is 26.0 Å². The van der Waals surface area contributed by atoms with Crippen molar-refractivity contribution in [1.82, 2.24) is 4.72 Å². The molecule has 0 heterocycles. The molecule has 37 heavy (non-hydrogen) atoms. The molecule has 2 N–H and O–H groups in total. The van der Waals surface area contributed by atoms with Gasteiger partial charge in [-0.3, -0.25) is 4.79 Å². The van der Waals surface area contributed by atoms with E-state index in [4.69, 9.17) is 4.74 Å². The molecule has 6 nitrogen and oxygen atoms in total. The third kappa shape index (κ3) is 6.43. The highest BCUT2D eigenvalue weighted by molar-refractivity contribution is 7.89. The Bertz CT molecular complexity index is 1370.